The molecular weight excluding hydrogens is 252 g/mol. The van der Waals surface area contributed by atoms with E-state index in [4.69, 9.17) is 5.73 Å². The van der Waals surface area contributed by atoms with Crippen LogP contribution < -0.4 is 11.1 Å². The van der Waals surface area contributed by atoms with E-state index in [0.717, 1.165) is 26.1 Å². The summed E-state index contributed by atoms with van der Waals surface area (Å²) in [5.74, 6) is 0.00218. The maximum atomic E-state index is 11.8. The first-order valence-electron chi connectivity index (χ1n) is 6.96. The molecule has 0 atom stereocenters. The van der Waals surface area contributed by atoms with Gasteiger partial charge in [0, 0.05) is 13.0 Å². The van der Waals surface area contributed by atoms with E-state index in [1.807, 2.05) is 25.2 Å². The minimum atomic E-state index is 0.00218. The summed E-state index contributed by atoms with van der Waals surface area (Å²) in [6.07, 6.45) is 1.59. The van der Waals surface area contributed by atoms with Gasteiger partial charge in [0.1, 0.15) is 0 Å². The molecule has 0 fully saturated rings. The third kappa shape index (κ3) is 6.54. The van der Waals surface area contributed by atoms with Gasteiger partial charge in [-0.2, -0.15) is 0 Å². The smallest absolute Gasteiger partial charge is 0.225 e. The van der Waals surface area contributed by atoms with Crippen LogP contribution >= 0.6 is 0 Å². The summed E-state index contributed by atoms with van der Waals surface area (Å²) in [7, 11) is 6.18. The van der Waals surface area contributed by atoms with Gasteiger partial charge in [-0.15, -0.1) is 0 Å². The van der Waals surface area contributed by atoms with E-state index in [-0.39, 0.29) is 5.91 Å². The molecule has 0 aliphatic rings. The molecule has 1 amide bonds. The lowest BCUT2D eigenvalue weighted by Gasteiger charge is -2.18. The molecule has 0 aromatic heterocycles. The molecule has 5 heteroatoms. The van der Waals surface area contributed by atoms with Crippen molar-refractivity contribution >= 4 is 17.3 Å². The third-order valence-electron chi connectivity index (χ3n) is 3.10. The number of carbonyl (C=O) groups excluding carboxylic acids is 1. The predicted octanol–water partition coefficient (Wildman–Crippen LogP) is 1.48. The Balaban J connectivity index is 2.24. The molecule has 0 saturated heterocycles. The van der Waals surface area contributed by atoms with E-state index in [9.17, 15) is 4.79 Å². The highest BCUT2D eigenvalue weighted by Crippen LogP contribution is 2.16. The molecule has 112 valence electrons. The summed E-state index contributed by atoms with van der Waals surface area (Å²) in [6, 6.07) is 7.31. The topological polar surface area (TPSA) is 61.6 Å². The largest absolute Gasteiger partial charge is 0.397 e. The van der Waals surface area contributed by atoms with Gasteiger partial charge in [0.05, 0.1) is 11.4 Å². The summed E-state index contributed by atoms with van der Waals surface area (Å²) >= 11 is 0. The molecule has 1 aromatic carbocycles. The van der Waals surface area contributed by atoms with Crippen molar-refractivity contribution in [2.45, 2.75) is 12.8 Å². The number of nitrogens with two attached hydrogens (primary N) is 1. The quantitative estimate of drug-likeness (QED) is 0.707. The van der Waals surface area contributed by atoms with Crippen molar-refractivity contribution in [1.82, 2.24) is 9.80 Å². The second-order valence-electron chi connectivity index (χ2n) is 5.35. The molecule has 0 heterocycles. The van der Waals surface area contributed by atoms with Gasteiger partial charge in [-0.3, -0.25) is 4.79 Å². The summed E-state index contributed by atoms with van der Waals surface area (Å²) in [5, 5.41) is 2.84. The SMILES string of the molecule is CN(C)CCCN(C)CCC(=O)Nc1ccccc1N. The second-order valence-corrected chi connectivity index (χ2v) is 5.35. The number of hydrogen-bond donors (Lipinski definition) is 2. The van der Waals surface area contributed by atoms with Crippen molar-refractivity contribution in [2.75, 3.05) is 51.8 Å². The van der Waals surface area contributed by atoms with Gasteiger partial charge in [-0.05, 0) is 52.8 Å². The van der Waals surface area contributed by atoms with Crippen LogP contribution in [0.15, 0.2) is 24.3 Å². The van der Waals surface area contributed by atoms with Crippen LogP contribution in [0.4, 0.5) is 11.4 Å². The van der Waals surface area contributed by atoms with Crippen molar-refractivity contribution in [1.29, 1.82) is 0 Å². The van der Waals surface area contributed by atoms with Crippen molar-refractivity contribution in [3.63, 3.8) is 0 Å². The highest BCUT2D eigenvalue weighted by Gasteiger charge is 2.06. The lowest BCUT2D eigenvalue weighted by atomic mass is 10.2. The fourth-order valence-corrected chi connectivity index (χ4v) is 1.88. The van der Waals surface area contributed by atoms with Crippen molar-refractivity contribution in [3.8, 4) is 0 Å². The normalized spacial score (nSPS) is 11.1. The lowest BCUT2D eigenvalue weighted by Crippen LogP contribution is -2.27. The number of amides is 1. The number of hydrogen-bond acceptors (Lipinski definition) is 4. The zero-order chi connectivity index (χ0) is 15.0. The predicted molar refractivity (Wildman–Crippen MR) is 84.8 cm³/mol. The zero-order valence-electron chi connectivity index (χ0n) is 12.7. The van der Waals surface area contributed by atoms with Crippen LogP contribution in [0.3, 0.4) is 0 Å². The van der Waals surface area contributed by atoms with Crippen LogP contribution in [0.5, 0.6) is 0 Å². The molecule has 5 nitrogen and oxygen atoms in total. The second kappa shape index (κ2) is 8.55. The molecule has 1 aromatic rings. The van der Waals surface area contributed by atoms with E-state index < -0.39 is 0 Å². The molecule has 0 saturated carbocycles. The Morgan fingerprint density at radius 3 is 2.50 bits per heavy atom. The summed E-state index contributed by atoms with van der Waals surface area (Å²) in [6.45, 7) is 2.82. The Labute approximate surface area is 121 Å². The van der Waals surface area contributed by atoms with Gasteiger partial charge in [0.25, 0.3) is 0 Å². The van der Waals surface area contributed by atoms with E-state index in [1.54, 1.807) is 6.07 Å². The van der Waals surface area contributed by atoms with Gasteiger partial charge in [-0.1, -0.05) is 12.1 Å². The minimum absolute atomic E-state index is 0.00218. The Hall–Kier alpha value is -1.59. The Morgan fingerprint density at radius 1 is 1.15 bits per heavy atom. The third-order valence-corrected chi connectivity index (χ3v) is 3.10. The maximum Gasteiger partial charge on any atom is 0.225 e. The van der Waals surface area contributed by atoms with Crippen LogP contribution in [0.2, 0.25) is 0 Å². The molecular formula is C15H26N4O. The molecule has 20 heavy (non-hydrogen) atoms. The van der Waals surface area contributed by atoms with Gasteiger partial charge < -0.3 is 20.9 Å². The van der Waals surface area contributed by atoms with Crippen molar-refractivity contribution < 1.29 is 4.79 Å². The fraction of sp³-hybridized carbons (Fsp3) is 0.533. The average molecular weight is 278 g/mol. The van der Waals surface area contributed by atoms with E-state index >= 15 is 0 Å². The maximum absolute atomic E-state index is 11.8. The first-order chi connectivity index (χ1) is 9.49. The summed E-state index contributed by atoms with van der Waals surface area (Å²) in [4.78, 5) is 16.2. The summed E-state index contributed by atoms with van der Waals surface area (Å²) < 4.78 is 0. The molecule has 3 N–H and O–H groups in total. The van der Waals surface area contributed by atoms with Crippen molar-refractivity contribution in [2.24, 2.45) is 0 Å². The van der Waals surface area contributed by atoms with Gasteiger partial charge >= 0.3 is 0 Å². The van der Waals surface area contributed by atoms with Crippen LogP contribution in [-0.4, -0.2) is 56.5 Å². The average Bonchev–Trinajstić information content (AvgIpc) is 2.39. The summed E-state index contributed by atoms with van der Waals surface area (Å²) in [5.41, 5.74) is 7.07. The van der Waals surface area contributed by atoms with E-state index in [0.29, 0.717) is 17.8 Å². The molecule has 0 aliphatic carbocycles. The fourth-order valence-electron chi connectivity index (χ4n) is 1.88. The first-order valence-corrected chi connectivity index (χ1v) is 6.96. The molecule has 0 bridgehead atoms. The number of nitrogens with one attached hydrogen (secondary N) is 1. The first kappa shape index (κ1) is 16.5. The lowest BCUT2D eigenvalue weighted by molar-refractivity contribution is -0.116. The molecule has 0 spiro atoms. The molecule has 0 unspecified atom stereocenters. The van der Waals surface area contributed by atoms with Crippen LogP contribution in [0, 0.1) is 0 Å². The van der Waals surface area contributed by atoms with Crippen LogP contribution in [0.25, 0.3) is 0 Å². The Morgan fingerprint density at radius 2 is 1.85 bits per heavy atom. The molecule has 0 radical (unpaired) electrons. The number of anilines is 2. The van der Waals surface area contributed by atoms with Gasteiger partial charge in [-0.25, -0.2) is 0 Å². The van der Waals surface area contributed by atoms with Gasteiger partial charge in [0.2, 0.25) is 5.91 Å². The number of rotatable bonds is 8. The van der Waals surface area contributed by atoms with E-state index in [1.165, 1.54) is 0 Å². The number of nitrogens with zero attached hydrogens (tertiary/aromatic N) is 2. The van der Waals surface area contributed by atoms with E-state index in [2.05, 4.69) is 29.2 Å². The Bertz CT molecular complexity index is 420. The number of nitrogen functional groups attached to an aromatic ring is 1. The zero-order valence-corrected chi connectivity index (χ0v) is 12.7. The monoisotopic (exact) mass is 278 g/mol. The standard InChI is InChI=1S/C15H26N4O/c1-18(2)10-6-11-19(3)12-9-15(20)17-14-8-5-4-7-13(14)16/h4-5,7-8H,6,9-12,16H2,1-3H3,(H,17,20). The van der Waals surface area contributed by atoms with Crippen molar-refractivity contribution in [3.05, 3.63) is 24.3 Å². The highest BCUT2D eigenvalue weighted by molar-refractivity contribution is 5.93. The van der Waals surface area contributed by atoms with Gasteiger partial charge in [0.15, 0.2) is 0 Å². The molecule has 1 rings (SSSR count). The number of benzene rings is 1. The van der Waals surface area contributed by atoms with Crippen LogP contribution in [-0.2, 0) is 4.79 Å². The molecule has 0 aliphatic heterocycles. The Kier molecular flexibility index (Phi) is 7.04. The highest BCUT2D eigenvalue weighted by atomic mass is 16.1. The number of carbonyl (C=O) groups is 1. The number of para-hydroxylation sites is 2. The minimum Gasteiger partial charge on any atom is -0.397 e. The van der Waals surface area contributed by atoms with Crippen LogP contribution in [0.1, 0.15) is 12.8 Å².